The molecule has 0 aliphatic carbocycles. The van der Waals surface area contributed by atoms with E-state index in [1.807, 2.05) is 70.2 Å². The molecule has 0 bridgehead atoms. The van der Waals surface area contributed by atoms with E-state index in [-0.39, 0.29) is 11.5 Å². The minimum absolute atomic E-state index is 0.0454. The number of aromatic nitrogens is 3. The number of fused-ring (bicyclic) bond motifs is 1. The molecule has 0 atom stereocenters. The molecule has 0 unspecified atom stereocenters. The summed E-state index contributed by atoms with van der Waals surface area (Å²) in [7, 11) is 2.10. The molecule has 3 aliphatic rings. The van der Waals surface area contributed by atoms with E-state index in [1.165, 1.54) is 0 Å². The van der Waals surface area contributed by atoms with Crippen LogP contribution in [0.3, 0.4) is 0 Å². The number of piperidine rings is 1. The number of likely N-dealkylation sites (N-methyl/N-ethyl adjacent to an activating group) is 1. The van der Waals surface area contributed by atoms with Crippen LogP contribution in [-0.2, 0) is 16.8 Å². The first-order valence-electron chi connectivity index (χ1n) is 14.6. The molecule has 0 saturated carbocycles. The van der Waals surface area contributed by atoms with Gasteiger partial charge in [0.05, 0.1) is 31.0 Å². The zero-order valence-electron chi connectivity index (χ0n) is 23.7. The van der Waals surface area contributed by atoms with Crippen LogP contribution < -0.4 is 4.90 Å². The Balaban J connectivity index is 1.00. The van der Waals surface area contributed by atoms with Crippen LogP contribution in [0.2, 0.25) is 5.02 Å². The highest BCUT2D eigenvalue weighted by atomic mass is 35.5. The number of benzene rings is 2. The molecule has 10 heteroatoms. The summed E-state index contributed by atoms with van der Waals surface area (Å²) < 4.78 is 7.83. The van der Waals surface area contributed by atoms with Crippen LogP contribution in [0.1, 0.15) is 40.2 Å². The third-order valence-corrected chi connectivity index (χ3v) is 9.20. The fraction of sp³-hybridized carbons (Fsp3) is 0.406. The highest BCUT2D eigenvalue weighted by Gasteiger charge is 2.48. The number of carbonyl (C=O) groups is 1. The number of hydrogen-bond donors (Lipinski definition) is 1. The molecule has 7 rings (SSSR count). The van der Waals surface area contributed by atoms with E-state index >= 15 is 0 Å². The minimum Gasteiger partial charge on any atom is -0.385 e. The number of aliphatic hydroxyl groups is 1. The number of pyridine rings is 1. The lowest BCUT2D eigenvalue weighted by Crippen LogP contribution is -2.70. The molecular formula is C32H35ClN6O3. The smallest absolute Gasteiger partial charge is 0.254 e. The molecule has 42 heavy (non-hydrogen) atoms. The molecule has 3 fully saturated rings. The van der Waals surface area contributed by atoms with Gasteiger partial charge in [-0.1, -0.05) is 35.9 Å². The second-order valence-corrected chi connectivity index (χ2v) is 12.5. The third kappa shape index (κ3) is 5.15. The Bertz CT molecular complexity index is 1590. The van der Waals surface area contributed by atoms with Gasteiger partial charge in [0.1, 0.15) is 5.60 Å². The van der Waals surface area contributed by atoms with Gasteiger partial charge in [-0.25, -0.2) is 9.50 Å². The van der Waals surface area contributed by atoms with Gasteiger partial charge in [0.2, 0.25) is 0 Å². The average Bonchev–Trinajstić information content (AvgIpc) is 3.39. The van der Waals surface area contributed by atoms with Crippen LogP contribution in [0.5, 0.6) is 0 Å². The Hall–Kier alpha value is -3.50. The number of halogens is 1. The number of ether oxygens (including phenoxy) is 1. The van der Waals surface area contributed by atoms with Gasteiger partial charge in [0, 0.05) is 49.4 Å². The van der Waals surface area contributed by atoms with Crippen LogP contribution in [0, 0.1) is 0 Å². The van der Waals surface area contributed by atoms with Crippen molar-refractivity contribution in [3.63, 3.8) is 0 Å². The molecule has 3 aliphatic heterocycles. The second-order valence-electron chi connectivity index (χ2n) is 12.0. The van der Waals surface area contributed by atoms with E-state index in [4.69, 9.17) is 26.4 Å². The fourth-order valence-electron chi connectivity index (χ4n) is 6.57. The largest absolute Gasteiger partial charge is 0.385 e. The number of rotatable bonds is 5. The summed E-state index contributed by atoms with van der Waals surface area (Å²) in [6.45, 7) is 5.22. The van der Waals surface area contributed by atoms with Crippen molar-refractivity contribution in [2.45, 2.75) is 30.5 Å². The highest BCUT2D eigenvalue weighted by molar-refractivity contribution is 6.30. The second kappa shape index (κ2) is 10.6. The molecular weight excluding hydrogens is 552 g/mol. The predicted molar refractivity (Wildman–Crippen MR) is 161 cm³/mol. The molecule has 1 spiro atoms. The number of morpholine rings is 1. The van der Waals surface area contributed by atoms with Crippen LogP contribution in [0.4, 0.5) is 5.69 Å². The summed E-state index contributed by atoms with van der Waals surface area (Å²) in [4.78, 5) is 24.3. The first kappa shape index (κ1) is 27.3. The maximum absolute atomic E-state index is 13.0. The lowest BCUT2D eigenvalue weighted by molar-refractivity contribution is -0.167. The van der Waals surface area contributed by atoms with Gasteiger partial charge in [0.15, 0.2) is 11.5 Å². The standard InChI is InChI=1S/C32H35ClN6O3/c1-36-17-18-42-31(20-36)21-38(22-31)30(40)24-6-4-23(5-7-24)19-28-34-29-27(3-2-14-39(29)35-28)37-15-12-32(41,13-16-37)25-8-10-26(33)11-9-25/h2-11,14,41H,12-13,15-22H2,1H3. The van der Waals surface area contributed by atoms with E-state index in [1.54, 1.807) is 0 Å². The first-order valence-corrected chi connectivity index (χ1v) is 15.0. The maximum Gasteiger partial charge on any atom is 0.254 e. The Labute approximate surface area is 250 Å². The summed E-state index contributed by atoms with van der Waals surface area (Å²) >= 11 is 6.05. The quantitative estimate of drug-likeness (QED) is 0.382. The minimum atomic E-state index is -0.865. The SMILES string of the molecule is CN1CCOC2(C1)CN(C(=O)c1ccc(Cc3nc4c(N5CCC(O)(c6ccc(Cl)cc6)CC5)cccn4n3)cc1)C2. The van der Waals surface area contributed by atoms with Crippen molar-refractivity contribution in [2.24, 2.45) is 0 Å². The molecule has 3 saturated heterocycles. The first-order chi connectivity index (χ1) is 20.3. The molecule has 5 heterocycles. The van der Waals surface area contributed by atoms with Crippen molar-refractivity contribution < 1.29 is 14.6 Å². The van der Waals surface area contributed by atoms with Gasteiger partial charge in [-0.05, 0) is 67.4 Å². The van der Waals surface area contributed by atoms with Gasteiger partial charge in [-0.3, -0.25) is 4.79 Å². The predicted octanol–water partition coefficient (Wildman–Crippen LogP) is 3.62. The Morgan fingerprint density at radius 3 is 2.45 bits per heavy atom. The van der Waals surface area contributed by atoms with Gasteiger partial charge in [-0.2, -0.15) is 5.10 Å². The number of carbonyl (C=O) groups excluding carboxylic acids is 1. The van der Waals surface area contributed by atoms with Crippen molar-refractivity contribution in [3.05, 3.63) is 94.4 Å². The maximum atomic E-state index is 13.0. The zero-order chi connectivity index (χ0) is 28.9. The number of amides is 1. The summed E-state index contributed by atoms with van der Waals surface area (Å²) in [5.41, 5.74) is 3.38. The highest BCUT2D eigenvalue weighted by Crippen LogP contribution is 2.36. The Morgan fingerprint density at radius 2 is 1.74 bits per heavy atom. The molecule has 9 nitrogen and oxygen atoms in total. The van der Waals surface area contributed by atoms with Crippen molar-refractivity contribution in [3.8, 4) is 0 Å². The Morgan fingerprint density at radius 1 is 1.00 bits per heavy atom. The third-order valence-electron chi connectivity index (χ3n) is 8.95. The van der Waals surface area contributed by atoms with Crippen molar-refractivity contribution in [2.75, 3.05) is 57.8 Å². The Kier molecular flexibility index (Phi) is 6.93. The van der Waals surface area contributed by atoms with E-state index in [0.29, 0.717) is 56.0 Å². The van der Waals surface area contributed by atoms with Gasteiger partial charge in [0.25, 0.3) is 5.91 Å². The number of hydrogen-bond acceptors (Lipinski definition) is 7. The summed E-state index contributed by atoms with van der Waals surface area (Å²) in [6, 6.07) is 19.3. The fourth-order valence-corrected chi connectivity index (χ4v) is 6.70. The molecule has 218 valence electrons. The summed E-state index contributed by atoms with van der Waals surface area (Å²) in [5, 5.41) is 16.7. The van der Waals surface area contributed by atoms with E-state index < -0.39 is 5.60 Å². The average molecular weight is 587 g/mol. The lowest BCUT2D eigenvalue weighted by atomic mass is 9.84. The summed E-state index contributed by atoms with van der Waals surface area (Å²) in [5.74, 6) is 0.767. The van der Waals surface area contributed by atoms with Crippen LogP contribution >= 0.6 is 11.6 Å². The molecule has 4 aromatic rings. The van der Waals surface area contributed by atoms with Crippen LogP contribution in [-0.4, -0.2) is 93.9 Å². The monoisotopic (exact) mass is 586 g/mol. The van der Waals surface area contributed by atoms with E-state index in [0.717, 1.165) is 48.0 Å². The topological polar surface area (TPSA) is 86.4 Å². The number of likely N-dealkylation sites (tertiary alicyclic amines) is 1. The van der Waals surface area contributed by atoms with Crippen molar-refractivity contribution in [1.29, 1.82) is 0 Å². The van der Waals surface area contributed by atoms with E-state index in [2.05, 4.69) is 22.9 Å². The molecule has 2 aromatic carbocycles. The molecule has 1 N–H and O–H groups in total. The lowest BCUT2D eigenvalue weighted by Gasteiger charge is -2.53. The zero-order valence-corrected chi connectivity index (χ0v) is 24.5. The summed E-state index contributed by atoms with van der Waals surface area (Å²) in [6.07, 6.45) is 3.71. The molecule has 1 amide bonds. The molecule has 2 aromatic heterocycles. The van der Waals surface area contributed by atoms with Crippen molar-refractivity contribution in [1.82, 2.24) is 24.4 Å². The van der Waals surface area contributed by atoms with Gasteiger partial charge < -0.3 is 24.5 Å². The van der Waals surface area contributed by atoms with E-state index in [9.17, 15) is 9.90 Å². The van der Waals surface area contributed by atoms with Gasteiger partial charge >= 0.3 is 0 Å². The van der Waals surface area contributed by atoms with Crippen LogP contribution in [0.25, 0.3) is 5.65 Å². The van der Waals surface area contributed by atoms with Crippen molar-refractivity contribution >= 4 is 28.8 Å². The van der Waals surface area contributed by atoms with Gasteiger partial charge in [-0.15, -0.1) is 0 Å². The van der Waals surface area contributed by atoms with Crippen LogP contribution in [0.15, 0.2) is 66.9 Å². The normalized spacial score (nSPS) is 20.2. The number of anilines is 1. The molecule has 0 radical (unpaired) electrons. The number of nitrogens with zero attached hydrogens (tertiary/aromatic N) is 6.